The Kier molecular flexibility index (Phi) is 2.62. The summed E-state index contributed by atoms with van der Waals surface area (Å²) >= 11 is 0. The van der Waals surface area contributed by atoms with Crippen molar-refractivity contribution >= 4 is 49.0 Å². The number of rotatable bonds is 0. The van der Waals surface area contributed by atoms with Gasteiger partial charge in [-0.05, 0) is 61.5 Å². The highest BCUT2D eigenvalue weighted by Crippen LogP contribution is 2.42. The van der Waals surface area contributed by atoms with Crippen molar-refractivity contribution in [1.29, 1.82) is 0 Å². The minimum absolute atomic E-state index is 0.171. The fourth-order valence-electron chi connectivity index (χ4n) is 4.80. The van der Waals surface area contributed by atoms with Crippen LogP contribution in [0.4, 0.5) is 4.39 Å². The third-order valence-electron chi connectivity index (χ3n) is 5.79. The smallest absolute Gasteiger partial charge is 0.133 e. The summed E-state index contributed by atoms with van der Waals surface area (Å²) in [7, 11) is 0. The summed E-state index contributed by atoms with van der Waals surface area (Å²) in [6.07, 6.45) is 1.78. The van der Waals surface area contributed by atoms with E-state index >= 15 is 4.39 Å². The van der Waals surface area contributed by atoms with E-state index in [2.05, 4.69) is 49.4 Å². The summed E-state index contributed by atoms with van der Waals surface area (Å²) in [6, 6.07) is 14.2. The summed E-state index contributed by atoms with van der Waals surface area (Å²) in [5, 5.41) is 4.71. The zero-order valence-electron chi connectivity index (χ0n) is 15.4. The summed E-state index contributed by atoms with van der Waals surface area (Å²) in [6.45, 7) is 6.32. The molecule has 0 amide bonds. The molecule has 6 rings (SSSR count). The van der Waals surface area contributed by atoms with Crippen LogP contribution in [-0.2, 0) is 0 Å². The molecule has 0 saturated heterocycles. The lowest BCUT2D eigenvalue weighted by molar-refractivity contribution is 0.642. The molecule has 27 heavy (non-hydrogen) atoms. The average molecular weight is 352 g/mol. The molecule has 0 aliphatic carbocycles. The van der Waals surface area contributed by atoms with Crippen LogP contribution in [0.2, 0.25) is 0 Å². The maximum Gasteiger partial charge on any atom is 0.133 e. The molecule has 0 aliphatic rings. The molecule has 3 aromatic carbocycles. The molecule has 0 saturated carbocycles. The Morgan fingerprint density at radius 3 is 2.52 bits per heavy atom. The molecule has 130 valence electrons. The van der Waals surface area contributed by atoms with Gasteiger partial charge in [0, 0.05) is 27.7 Å². The number of benzene rings is 3. The van der Waals surface area contributed by atoms with Crippen LogP contribution in [0.1, 0.15) is 16.7 Å². The van der Waals surface area contributed by atoms with Crippen LogP contribution in [0.3, 0.4) is 0 Å². The number of pyridine rings is 2. The number of nitrogens with zero attached hydrogens (tertiary/aromatic N) is 2. The molecule has 0 atom stereocenters. The summed E-state index contributed by atoms with van der Waals surface area (Å²) < 4.78 is 17.5. The molecule has 0 radical (unpaired) electrons. The van der Waals surface area contributed by atoms with Crippen LogP contribution in [0, 0.1) is 26.6 Å². The highest BCUT2D eigenvalue weighted by atomic mass is 19.1. The highest BCUT2D eigenvalue weighted by Gasteiger charge is 2.22. The van der Waals surface area contributed by atoms with Gasteiger partial charge >= 0.3 is 0 Å². The maximum absolute atomic E-state index is 15.2. The fraction of sp³-hybridized carbons (Fsp3) is 0.125. The third-order valence-corrected chi connectivity index (χ3v) is 5.79. The van der Waals surface area contributed by atoms with E-state index in [1.807, 2.05) is 12.1 Å². The van der Waals surface area contributed by atoms with E-state index in [0.717, 1.165) is 43.6 Å². The Morgan fingerprint density at radius 1 is 0.815 bits per heavy atom. The zero-order chi connectivity index (χ0) is 18.4. The van der Waals surface area contributed by atoms with Crippen molar-refractivity contribution < 1.29 is 4.39 Å². The molecule has 2 nitrogen and oxygen atoms in total. The van der Waals surface area contributed by atoms with Crippen molar-refractivity contribution in [3.63, 3.8) is 0 Å². The standard InChI is InChI=1S/C24H17FN2/c1-12-4-5-16-19(10-12)27-23-14(3)8-13(2)9-17(23)22-20-15(6-7-26-22)11-18(25)21(16)24(20)27/h4-11H,1-3H3. The predicted octanol–water partition coefficient (Wildman–Crippen LogP) is 6.45. The quantitative estimate of drug-likeness (QED) is 0.227. The monoisotopic (exact) mass is 352 g/mol. The highest BCUT2D eigenvalue weighted by molar-refractivity contribution is 6.28. The molecule has 3 aromatic heterocycles. The molecular formula is C24H17FN2. The largest absolute Gasteiger partial charge is 0.307 e. The minimum atomic E-state index is -0.171. The van der Waals surface area contributed by atoms with Crippen LogP contribution in [0.25, 0.3) is 49.0 Å². The molecular weight excluding hydrogens is 335 g/mol. The normalized spacial score (nSPS) is 12.4. The van der Waals surface area contributed by atoms with E-state index in [9.17, 15) is 0 Å². The molecule has 0 aliphatic heterocycles. The van der Waals surface area contributed by atoms with Crippen LogP contribution < -0.4 is 0 Å². The van der Waals surface area contributed by atoms with Gasteiger partial charge in [-0.25, -0.2) is 4.39 Å². The molecule has 0 N–H and O–H groups in total. The topological polar surface area (TPSA) is 17.3 Å². The van der Waals surface area contributed by atoms with Crippen molar-refractivity contribution in [1.82, 2.24) is 9.38 Å². The Morgan fingerprint density at radius 2 is 1.67 bits per heavy atom. The summed E-state index contributed by atoms with van der Waals surface area (Å²) in [5.74, 6) is -0.171. The molecule has 6 aromatic rings. The lowest BCUT2D eigenvalue weighted by Gasteiger charge is -2.15. The van der Waals surface area contributed by atoms with Crippen LogP contribution >= 0.6 is 0 Å². The van der Waals surface area contributed by atoms with E-state index in [4.69, 9.17) is 4.98 Å². The van der Waals surface area contributed by atoms with Crippen LogP contribution in [0.15, 0.2) is 48.7 Å². The number of aryl methyl sites for hydroxylation is 3. The number of hydrogen-bond donors (Lipinski definition) is 0. The molecule has 0 fully saturated rings. The first-order valence-electron chi connectivity index (χ1n) is 9.18. The molecule has 3 heterocycles. The van der Waals surface area contributed by atoms with Crippen molar-refractivity contribution in [2.45, 2.75) is 20.8 Å². The number of fused-ring (bicyclic) bond motifs is 6. The van der Waals surface area contributed by atoms with Gasteiger partial charge in [-0.1, -0.05) is 23.8 Å². The van der Waals surface area contributed by atoms with E-state index in [1.54, 1.807) is 12.3 Å². The third kappa shape index (κ3) is 1.72. The molecule has 0 spiro atoms. The van der Waals surface area contributed by atoms with Crippen molar-refractivity contribution in [3.05, 3.63) is 71.2 Å². The average Bonchev–Trinajstić information content (AvgIpc) is 2.96. The van der Waals surface area contributed by atoms with Gasteiger partial charge in [0.25, 0.3) is 0 Å². The van der Waals surface area contributed by atoms with Crippen LogP contribution in [0.5, 0.6) is 0 Å². The van der Waals surface area contributed by atoms with E-state index in [1.165, 1.54) is 16.7 Å². The number of halogens is 1. The fourth-order valence-corrected chi connectivity index (χ4v) is 4.80. The number of aromatic nitrogens is 2. The van der Waals surface area contributed by atoms with Gasteiger partial charge in [0.1, 0.15) is 5.82 Å². The lowest BCUT2D eigenvalue weighted by atomic mass is 9.99. The van der Waals surface area contributed by atoms with E-state index in [-0.39, 0.29) is 5.82 Å². The lowest BCUT2D eigenvalue weighted by Crippen LogP contribution is -1.97. The van der Waals surface area contributed by atoms with Crippen LogP contribution in [-0.4, -0.2) is 9.38 Å². The SMILES string of the molecule is Cc1cc(C)c2c(c1)c1nccc3cc(F)c4c5ccc(C)cc5n2c4c31. The number of hydrogen-bond acceptors (Lipinski definition) is 1. The van der Waals surface area contributed by atoms with Gasteiger partial charge in [-0.2, -0.15) is 0 Å². The van der Waals surface area contributed by atoms with Gasteiger partial charge in [0.2, 0.25) is 0 Å². The minimum Gasteiger partial charge on any atom is -0.307 e. The van der Waals surface area contributed by atoms with Crippen molar-refractivity contribution in [2.75, 3.05) is 0 Å². The first-order chi connectivity index (χ1) is 13.0. The summed E-state index contributed by atoms with van der Waals surface area (Å²) in [5.41, 5.74) is 7.61. The van der Waals surface area contributed by atoms with E-state index < -0.39 is 0 Å². The van der Waals surface area contributed by atoms with Crippen molar-refractivity contribution in [3.8, 4) is 0 Å². The first-order valence-corrected chi connectivity index (χ1v) is 9.18. The molecule has 0 bridgehead atoms. The Balaban J connectivity index is 2.15. The van der Waals surface area contributed by atoms with Gasteiger partial charge in [0.15, 0.2) is 0 Å². The van der Waals surface area contributed by atoms with Gasteiger partial charge in [-0.15, -0.1) is 0 Å². The summed E-state index contributed by atoms with van der Waals surface area (Å²) in [4.78, 5) is 4.73. The van der Waals surface area contributed by atoms with Gasteiger partial charge < -0.3 is 4.40 Å². The Bertz CT molecular complexity index is 1560. The van der Waals surface area contributed by atoms with Gasteiger partial charge in [0.05, 0.1) is 22.1 Å². The zero-order valence-corrected chi connectivity index (χ0v) is 15.4. The first kappa shape index (κ1) is 14.9. The van der Waals surface area contributed by atoms with E-state index in [0.29, 0.717) is 5.39 Å². The Hall–Kier alpha value is -3.20. The van der Waals surface area contributed by atoms with Gasteiger partial charge in [-0.3, -0.25) is 4.98 Å². The predicted molar refractivity (Wildman–Crippen MR) is 111 cm³/mol. The maximum atomic E-state index is 15.2. The van der Waals surface area contributed by atoms with Crippen molar-refractivity contribution in [2.24, 2.45) is 0 Å². The molecule has 3 heteroatoms. The molecule has 0 unspecified atom stereocenters. The second-order valence-electron chi connectivity index (χ2n) is 7.67. The second-order valence-corrected chi connectivity index (χ2v) is 7.67. The Labute approximate surface area is 155 Å². The second kappa shape index (κ2) is 4.74.